The van der Waals surface area contributed by atoms with Crippen molar-refractivity contribution in [2.24, 2.45) is 5.10 Å². The number of nitrogens with zero attached hydrogens (tertiary/aromatic N) is 3. The summed E-state index contributed by atoms with van der Waals surface area (Å²) in [6.07, 6.45) is 0. The fraction of sp³-hybridized carbons (Fsp3) is 0.100. The van der Waals surface area contributed by atoms with E-state index in [2.05, 4.69) is 42.4 Å². The summed E-state index contributed by atoms with van der Waals surface area (Å²) in [6.45, 7) is 1.85. The molecule has 17 heavy (non-hydrogen) atoms. The number of hydrogen-bond donors (Lipinski definition) is 1. The van der Waals surface area contributed by atoms with E-state index in [0.29, 0.717) is 15.2 Å². The minimum atomic E-state index is -0.254. The molecule has 0 radical (unpaired) electrons. The number of nitriles is 2. The van der Waals surface area contributed by atoms with Crippen LogP contribution in [0.5, 0.6) is 0 Å². The number of hydrazone groups is 1. The number of nitrogens with one attached hydrogen (secondary N) is 1. The van der Waals surface area contributed by atoms with Crippen LogP contribution in [0.3, 0.4) is 0 Å². The number of halogens is 3. The van der Waals surface area contributed by atoms with E-state index >= 15 is 0 Å². The molecule has 0 aromatic heterocycles. The lowest BCUT2D eigenvalue weighted by atomic mass is 10.2. The van der Waals surface area contributed by atoms with Crippen LogP contribution in [-0.4, -0.2) is 5.71 Å². The SMILES string of the molecule is Cc1cc(Br)c(Cl)c(Br)c1NN=C(C#N)C#N. The van der Waals surface area contributed by atoms with Gasteiger partial charge in [-0.05, 0) is 50.4 Å². The zero-order valence-corrected chi connectivity index (χ0v) is 12.5. The Labute approximate surface area is 120 Å². The molecular formula is C10H5Br2ClN4. The van der Waals surface area contributed by atoms with E-state index in [1.54, 1.807) is 12.1 Å². The first-order valence-electron chi connectivity index (χ1n) is 4.29. The second kappa shape index (κ2) is 6.02. The standard InChI is InChI=1S/C10H5Br2ClN4/c1-5-2-7(11)9(13)8(12)10(5)17-16-6(3-14)4-15/h2,17H,1H3. The van der Waals surface area contributed by atoms with Gasteiger partial charge >= 0.3 is 0 Å². The highest BCUT2D eigenvalue weighted by Gasteiger charge is 2.11. The van der Waals surface area contributed by atoms with E-state index in [4.69, 9.17) is 22.1 Å². The van der Waals surface area contributed by atoms with Crippen molar-refractivity contribution in [2.75, 3.05) is 5.43 Å². The van der Waals surface area contributed by atoms with Gasteiger partial charge < -0.3 is 0 Å². The summed E-state index contributed by atoms with van der Waals surface area (Å²) in [7, 11) is 0. The van der Waals surface area contributed by atoms with Crippen LogP contribution in [0.15, 0.2) is 20.1 Å². The van der Waals surface area contributed by atoms with E-state index in [-0.39, 0.29) is 5.71 Å². The Morgan fingerprint density at radius 2 is 2.00 bits per heavy atom. The molecule has 7 heteroatoms. The Balaban J connectivity index is 3.18. The van der Waals surface area contributed by atoms with Crippen molar-refractivity contribution >= 4 is 54.9 Å². The molecule has 0 saturated heterocycles. The fourth-order valence-electron chi connectivity index (χ4n) is 1.04. The summed E-state index contributed by atoms with van der Waals surface area (Å²) < 4.78 is 1.36. The Hall–Kier alpha value is -1.08. The lowest BCUT2D eigenvalue weighted by molar-refractivity contribution is 1.28. The van der Waals surface area contributed by atoms with Crippen LogP contribution in [0.1, 0.15) is 5.56 Å². The van der Waals surface area contributed by atoms with Gasteiger partial charge in [0.05, 0.1) is 15.2 Å². The summed E-state index contributed by atoms with van der Waals surface area (Å²) in [4.78, 5) is 0. The average molecular weight is 376 g/mol. The Morgan fingerprint density at radius 1 is 1.41 bits per heavy atom. The molecule has 0 heterocycles. The van der Waals surface area contributed by atoms with Gasteiger partial charge in [0.25, 0.3) is 0 Å². The Morgan fingerprint density at radius 3 is 2.53 bits per heavy atom. The van der Waals surface area contributed by atoms with Gasteiger partial charge in [0.2, 0.25) is 5.71 Å². The van der Waals surface area contributed by atoms with Crippen molar-refractivity contribution in [1.82, 2.24) is 0 Å². The van der Waals surface area contributed by atoms with Crippen LogP contribution < -0.4 is 5.43 Å². The monoisotopic (exact) mass is 374 g/mol. The molecule has 1 aromatic rings. The minimum absolute atomic E-state index is 0.254. The van der Waals surface area contributed by atoms with E-state index in [1.807, 2.05) is 13.0 Å². The van der Waals surface area contributed by atoms with Gasteiger partial charge in [-0.15, -0.1) is 0 Å². The molecule has 0 aliphatic heterocycles. The first-order valence-corrected chi connectivity index (χ1v) is 6.25. The highest BCUT2D eigenvalue weighted by atomic mass is 79.9. The molecule has 4 nitrogen and oxygen atoms in total. The second-order valence-corrected chi connectivity index (χ2v) is 5.00. The molecule has 1 N–H and O–H groups in total. The van der Waals surface area contributed by atoms with E-state index in [9.17, 15) is 0 Å². The van der Waals surface area contributed by atoms with E-state index < -0.39 is 0 Å². The molecule has 0 spiro atoms. The Bertz CT molecular complexity index is 553. The predicted octanol–water partition coefficient (Wildman–Crippen LogP) is 3.99. The van der Waals surface area contributed by atoms with Crippen LogP contribution in [0, 0.1) is 29.6 Å². The summed E-state index contributed by atoms with van der Waals surface area (Å²) >= 11 is 12.7. The van der Waals surface area contributed by atoms with Crippen molar-refractivity contribution in [3.63, 3.8) is 0 Å². The minimum Gasteiger partial charge on any atom is -0.275 e. The quantitative estimate of drug-likeness (QED) is 0.482. The molecular weight excluding hydrogens is 371 g/mol. The lowest BCUT2D eigenvalue weighted by Crippen LogP contribution is -1.99. The molecule has 0 unspecified atom stereocenters. The maximum Gasteiger partial charge on any atom is 0.237 e. The predicted molar refractivity (Wildman–Crippen MR) is 73.9 cm³/mol. The highest BCUT2D eigenvalue weighted by molar-refractivity contribution is 9.11. The van der Waals surface area contributed by atoms with Crippen molar-refractivity contribution in [2.45, 2.75) is 6.92 Å². The number of rotatable bonds is 2. The van der Waals surface area contributed by atoms with Crippen LogP contribution in [-0.2, 0) is 0 Å². The van der Waals surface area contributed by atoms with Crippen molar-refractivity contribution < 1.29 is 0 Å². The molecule has 0 aliphatic carbocycles. The second-order valence-electron chi connectivity index (χ2n) is 2.97. The van der Waals surface area contributed by atoms with Gasteiger partial charge in [-0.2, -0.15) is 15.6 Å². The van der Waals surface area contributed by atoms with Crippen LogP contribution in [0.4, 0.5) is 5.69 Å². The average Bonchev–Trinajstić information content (AvgIpc) is 2.31. The van der Waals surface area contributed by atoms with Crippen molar-refractivity contribution in [3.05, 3.63) is 25.6 Å². The molecule has 86 valence electrons. The molecule has 0 aliphatic rings. The molecule has 0 bridgehead atoms. The molecule has 0 atom stereocenters. The van der Waals surface area contributed by atoms with Gasteiger partial charge in [0.1, 0.15) is 12.1 Å². The zero-order valence-electron chi connectivity index (χ0n) is 8.55. The number of anilines is 1. The van der Waals surface area contributed by atoms with Crippen LogP contribution in [0.25, 0.3) is 0 Å². The molecule has 0 amide bonds. The third-order valence-corrected chi connectivity index (χ3v) is 4.12. The third-order valence-electron chi connectivity index (χ3n) is 1.85. The van der Waals surface area contributed by atoms with Crippen LogP contribution in [0.2, 0.25) is 5.02 Å². The van der Waals surface area contributed by atoms with Crippen molar-refractivity contribution in [1.29, 1.82) is 10.5 Å². The van der Waals surface area contributed by atoms with E-state index in [1.165, 1.54) is 0 Å². The first-order chi connectivity index (χ1) is 8.01. The van der Waals surface area contributed by atoms with Crippen molar-refractivity contribution in [3.8, 4) is 12.1 Å². The highest BCUT2D eigenvalue weighted by Crippen LogP contribution is 2.38. The number of benzene rings is 1. The molecule has 1 rings (SSSR count). The smallest absolute Gasteiger partial charge is 0.237 e. The zero-order chi connectivity index (χ0) is 13.0. The topological polar surface area (TPSA) is 72.0 Å². The van der Waals surface area contributed by atoms with Gasteiger partial charge in [0.15, 0.2) is 0 Å². The van der Waals surface area contributed by atoms with Gasteiger partial charge in [-0.1, -0.05) is 11.6 Å². The Kier molecular flexibility index (Phi) is 4.95. The number of aryl methyl sites for hydroxylation is 1. The normalized spacial score (nSPS) is 9.06. The van der Waals surface area contributed by atoms with Gasteiger partial charge in [-0.25, -0.2) is 0 Å². The summed E-state index contributed by atoms with van der Waals surface area (Å²) in [5.41, 5.74) is 3.87. The largest absolute Gasteiger partial charge is 0.275 e. The van der Waals surface area contributed by atoms with E-state index in [0.717, 1.165) is 10.0 Å². The summed E-state index contributed by atoms with van der Waals surface area (Å²) in [6, 6.07) is 5.12. The molecule has 0 saturated carbocycles. The maximum absolute atomic E-state index is 8.55. The fourth-order valence-corrected chi connectivity index (χ4v) is 2.61. The number of hydrogen-bond acceptors (Lipinski definition) is 4. The molecule has 1 aromatic carbocycles. The van der Waals surface area contributed by atoms with Gasteiger partial charge in [0, 0.05) is 4.47 Å². The first kappa shape index (κ1) is 14.0. The summed E-state index contributed by atoms with van der Waals surface area (Å²) in [5, 5.41) is 21.3. The van der Waals surface area contributed by atoms with Gasteiger partial charge in [-0.3, -0.25) is 5.43 Å². The summed E-state index contributed by atoms with van der Waals surface area (Å²) in [5.74, 6) is 0. The third kappa shape index (κ3) is 3.19. The maximum atomic E-state index is 8.55. The molecule has 0 fully saturated rings. The lowest BCUT2D eigenvalue weighted by Gasteiger charge is -2.10. The van der Waals surface area contributed by atoms with Crippen LogP contribution >= 0.6 is 43.5 Å².